The van der Waals surface area contributed by atoms with Gasteiger partial charge in [0.2, 0.25) is 0 Å². The van der Waals surface area contributed by atoms with Crippen molar-refractivity contribution < 1.29 is 5.32 Å². The average molecular weight is 357 g/mol. The van der Waals surface area contributed by atoms with Gasteiger partial charge < -0.3 is 5.32 Å². The number of fused-ring (bicyclic) bond motifs is 2. The van der Waals surface area contributed by atoms with Gasteiger partial charge in [-0.15, -0.1) is 0 Å². The summed E-state index contributed by atoms with van der Waals surface area (Å²) in [6, 6.07) is 27.0. The van der Waals surface area contributed by atoms with Crippen LogP contribution in [0.25, 0.3) is 0 Å². The van der Waals surface area contributed by atoms with Crippen LogP contribution in [0.5, 0.6) is 0 Å². The predicted octanol–water partition coefficient (Wildman–Crippen LogP) is 4.72. The Labute approximate surface area is 163 Å². The summed E-state index contributed by atoms with van der Waals surface area (Å²) in [5, 5.41) is 2.38. The van der Waals surface area contributed by atoms with Crippen LogP contribution >= 0.6 is 0 Å². The summed E-state index contributed by atoms with van der Waals surface area (Å²) in [6.07, 6.45) is 3.46. The number of rotatable bonds is 4. The number of hydrogen-bond acceptors (Lipinski definition) is 0. The van der Waals surface area contributed by atoms with Gasteiger partial charge in [-0.1, -0.05) is 72.8 Å². The van der Waals surface area contributed by atoms with Gasteiger partial charge in [0.1, 0.15) is 5.54 Å². The van der Waals surface area contributed by atoms with Crippen molar-refractivity contribution in [3.8, 4) is 0 Å². The molecule has 4 rings (SSSR count). The third-order valence-electron chi connectivity index (χ3n) is 6.60. The Morgan fingerprint density at radius 2 is 1.56 bits per heavy atom. The summed E-state index contributed by atoms with van der Waals surface area (Å²) >= 11 is 0. The number of benzene rings is 3. The van der Waals surface area contributed by atoms with Gasteiger partial charge in [0.15, 0.2) is 0 Å². The molecule has 0 radical (unpaired) electrons. The normalized spacial score (nSPS) is 21.2. The van der Waals surface area contributed by atoms with Crippen molar-refractivity contribution >= 4 is 0 Å². The summed E-state index contributed by atoms with van der Waals surface area (Å²) < 4.78 is 0. The summed E-state index contributed by atoms with van der Waals surface area (Å²) in [5.74, 6) is 0.559. The first-order valence-electron chi connectivity index (χ1n) is 10.2. The average Bonchev–Trinajstić information content (AvgIpc) is 2.81. The zero-order chi connectivity index (χ0) is 18.9. The zero-order valence-corrected chi connectivity index (χ0v) is 16.7. The molecule has 2 atom stereocenters. The Bertz CT molecular complexity index is 942. The number of hydrogen-bond donors (Lipinski definition) is 1. The van der Waals surface area contributed by atoms with Gasteiger partial charge in [0.05, 0.1) is 7.05 Å². The molecule has 0 spiro atoms. The number of aryl methyl sites for hydroxylation is 2. The molecule has 1 nitrogen and oxygen atoms in total. The fourth-order valence-electron chi connectivity index (χ4n) is 4.84. The molecule has 0 bridgehead atoms. The molecule has 3 aromatic carbocycles. The maximum atomic E-state index is 2.38. The smallest absolute Gasteiger partial charge is 0.145 e. The second-order valence-corrected chi connectivity index (χ2v) is 8.10. The number of quaternary nitrogens is 1. The standard InChI is InChI=1S/C26H29N/c1-19-10-4-5-11-20(19)16-17-21-18-22-12-6-8-14-24(22)26(2,27-3)25-15-9-7-13-23(21)25/h4-15,21,27H,16-18H2,1-3H3/p+1. The van der Waals surface area contributed by atoms with E-state index in [1.165, 1.54) is 39.8 Å². The van der Waals surface area contributed by atoms with E-state index in [-0.39, 0.29) is 5.54 Å². The fourth-order valence-corrected chi connectivity index (χ4v) is 4.84. The number of nitrogens with two attached hydrogens (primary N) is 1. The lowest BCUT2D eigenvalue weighted by molar-refractivity contribution is -0.698. The van der Waals surface area contributed by atoms with E-state index in [4.69, 9.17) is 0 Å². The van der Waals surface area contributed by atoms with Crippen molar-refractivity contribution in [2.24, 2.45) is 0 Å². The van der Waals surface area contributed by atoms with E-state index in [0.717, 1.165) is 12.8 Å². The minimum atomic E-state index is -0.0232. The molecule has 1 aliphatic rings. The second-order valence-electron chi connectivity index (χ2n) is 8.10. The highest BCUT2D eigenvalue weighted by Gasteiger charge is 2.39. The van der Waals surface area contributed by atoms with Crippen molar-refractivity contribution in [2.75, 3.05) is 7.05 Å². The lowest BCUT2D eigenvalue weighted by Crippen LogP contribution is -2.91. The first-order valence-corrected chi connectivity index (χ1v) is 10.2. The highest BCUT2D eigenvalue weighted by Crippen LogP contribution is 2.41. The van der Waals surface area contributed by atoms with Crippen LogP contribution in [0.4, 0.5) is 0 Å². The molecule has 0 aliphatic heterocycles. The molecule has 0 heterocycles. The Morgan fingerprint density at radius 3 is 2.33 bits per heavy atom. The van der Waals surface area contributed by atoms with Crippen molar-refractivity contribution in [1.29, 1.82) is 0 Å². The van der Waals surface area contributed by atoms with Gasteiger partial charge in [0, 0.05) is 11.1 Å². The van der Waals surface area contributed by atoms with Crippen molar-refractivity contribution in [3.63, 3.8) is 0 Å². The van der Waals surface area contributed by atoms with E-state index >= 15 is 0 Å². The highest BCUT2D eigenvalue weighted by atomic mass is 14.9. The first-order chi connectivity index (χ1) is 13.1. The molecule has 1 aliphatic carbocycles. The molecule has 0 saturated carbocycles. The van der Waals surface area contributed by atoms with Gasteiger partial charge in [-0.3, -0.25) is 0 Å². The molecule has 0 amide bonds. The summed E-state index contributed by atoms with van der Waals surface area (Å²) in [7, 11) is 2.21. The Balaban J connectivity index is 1.77. The van der Waals surface area contributed by atoms with Crippen LogP contribution in [0.1, 0.15) is 52.6 Å². The van der Waals surface area contributed by atoms with Gasteiger partial charge in [-0.05, 0) is 61.3 Å². The lowest BCUT2D eigenvalue weighted by Gasteiger charge is -2.29. The van der Waals surface area contributed by atoms with Crippen LogP contribution in [-0.2, 0) is 18.4 Å². The van der Waals surface area contributed by atoms with Gasteiger partial charge in [-0.25, -0.2) is 0 Å². The van der Waals surface area contributed by atoms with Crippen molar-refractivity contribution in [3.05, 3.63) is 106 Å². The third kappa shape index (κ3) is 3.21. The first kappa shape index (κ1) is 18.0. The highest BCUT2D eigenvalue weighted by molar-refractivity contribution is 5.48. The third-order valence-corrected chi connectivity index (χ3v) is 6.60. The molecular formula is C26H30N+. The molecular weight excluding hydrogens is 326 g/mol. The zero-order valence-electron chi connectivity index (χ0n) is 16.7. The summed E-state index contributed by atoms with van der Waals surface area (Å²) in [5.41, 5.74) is 8.85. The van der Waals surface area contributed by atoms with Crippen molar-refractivity contribution in [1.82, 2.24) is 0 Å². The summed E-state index contributed by atoms with van der Waals surface area (Å²) in [6.45, 7) is 4.61. The van der Waals surface area contributed by atoms with Crippen LogP contribution in [0.3, 0.4) is 0 Å². The van der Waals surface area contributed by atoms with Crippen LogP contribution in [0, 0.1) is 6.92 Å². The van der Waals surface area contributed by atoms with E-state index in [2.05, 4.69) is 99.0 Å². The van der Waals surface area contributed by atoms with E-state index in [1.54, 1.807) is 0 Å². The SMILES string of the molecule is C[NH2+]C1(C)c2ccccc2CC(CCc2ccccc2C)c2ccccc21. The Morgan fingerprint density at radius 1 is 0.889 bits per heavy atom. The van der Waals surface area contributed by atoms with Crippen LogP contribution < -0.4 is 5.32 Å². The Kier molecular flexibility index (Phi) is 4.88. The molecule has 2 N–H and O–H groups in total. The molecule has 2 unspecified atom stereocenters. The molecule has 0 aromatic heterocycles. The molecule has 0 saturated heterocycles. The molecule has 27 heavy (non-hydrogen) atoms. The van der Waals surface area contributed by atoms with Gasteiger partial charge in [0.25, 0.3) is 0 Å². The molecule has 3 aromatic rings. The van der Waals surface area contributed by atoms with Crippen molar-refractivity contribution in [2.45, 2.75) is 44.6 Å². The predicted molar refractivity (Wildman–Crippen MR) is 113 cm³/mol. The Hall–Kier alpha value is -2.38. The fraction of sp³-hybridized carbons (Fsp3) is 0.308. The van der Waals surface area contributed by atoms with Crippen LogP contribution in [-0.4, -0.2) is 7.05 Å². The molecule has 138 valence electrons. The second kappa shape index (κ2) is 7.32. The maximum absolute atomic E-state index is 2.38. The van der Waals surface area contributed by atoms with E-state index in [9.17, 15) is 0 Å². The van der Waals surface area contributed by atoms with Gasteiger partial charge in [-0.2, -0.15) is 0 Å². The largest absolute Gasteiger partial charge is 0.336 e. The van der Waals surface area contributed by atoms with Crippen LogP contribution in [0.15, 0.2) is 72.8 Å². The van der Waals surface area contributed by atoms with Gasteiger partial charge >= 0.3 is 0 Å². The summed E-state index contributed by atoms with van der Waals surface area (Å²) in [4.78, 5) is 0. The van der Waals surface area contributed by atoms with E-state index < -0.39 is 0 Å². The van der Waals surface area contributed by atoms with E-state index in [1.807, 2.05) is 0 Å². The minimum absolute atomic E-state index is 0.0232. The quantitative estimate of drug-likeness (QED) is 0.696. The monoisotopic (exact) mass is 356 g/mol. The van der Waals surface area contributed by atoms with Crippen LogP contribution in [0.2, 0.25) is 0 Å². The molecule has 0 fully saturated rings. The maximum Gasteiger partial charge on any atom is 0.145 e. The molecule has 1 heteroatoms. The lowest BCUT2D eigenvalue weighted by atomic mass is 9.81. The minimum Gasteiger partial charge on any atom is -0.336 e. The topological polar surface area (TPSA) is 16.6 Å². The van der Waals surface area contributed by atoms with E-state index in [0.29, 0.717) is 5.92 Å².